The first-order valence-corrected chi connectivity index (χ1v) is 5.82. The molecule has 1 aromatic heterocycles. The molecule has 1 fully saturated rings. The van der Waals surface area contributed by atoms with E-state index in [9.17, 15) is 4.39 Å². The highest BCUT2D eigenvalue weighted by molar-refractivity contribution is 5.76. The monoisotopic (exact) mass is 231 g/mol. The van der Waals surface area contributed by atoms with Gasteiger partial charge in [-0.1, -0.05) is 12.1 Å². The molecule has 1 saturated carbocycles. The summed E-state index contributed by atoms with van der Waals surface area (Å²) in [4.78, 5) is 0. The second-order valence-corrected chi connectivity index (χ2v) is 4.62. The topological polar surface area (TPSA) is 54.7 Å². The summed E-state index contributed by atoms with van der Waals surface area (Å²) in [6.07, 6.45) is 3.49. The molecule has 0 spiro atoms. The molecule has 0 atom stereocenters. The van der Waals surface area contributed by atoms with Gasteiger partial charge in [0, 0.05) is 11.3 Å². The van der Waals surface area contributed by atoms with Crippen molar-refractivity contribution in [2.45, 2.75) is 19.3 Å². The summed E-state index contributed by atoms with van der Waals surface area (Å²) in [5.74, 6) is 0.939. The van der Waals surface area contributed by atoms with Crippen molar-refractivity contribution in [1.82, 2.24) is 10.2 Å². The van der Waals surface area contributed by atoms with Crippen LogP contribution in [0.2, 0.25) is 0 Å². The van der Waals surface area contributed by atoms with Crippen molar-refractivity contribution in [3.8, 4) is 11.1 Å². The Morgan fingerprint density at radius 1 is 1.41 bits per heavy atom. The quantitative estimate of drug-likeness (QED) is 0.853. The average molecular weight is 231 g/mol. The molecule has 3 N–H and O–H groups in total. The van der Waals surface area contributed by atoms with Gasteiger partial charge < -0.3 is 5.73 Å². The van der Waals surface area contributed by atoms with E-state index in [2.05, 4.69) is 10.2 Å². The van der Waals surface area contributed by atoms with Gasteiger partial charge in [0.1, 0.15) is 5.82 Å². The van der Waals surface area contributed by atoms with E-state index in [1.165, 1.54) is 25.0 Å². The van der Waals surface area contributed by atoms with Crippen molar-refractivity contribution in [2.24, 2.45) is 5.92 Å². The number of aromatic amines is 1. The zero-order valence-corrected chi connectivity index (χ0v) is 9.41. The van der Waals surface area contributed by atoms with Gasteiger partial charge in [-0.25, -0.2) is 4.39 Å². The van der Waals surface area contributed by atoms with Crippen molar-refractivity contribution in [2.75, 3.05) is 5.73 Å². The normalized spacial score (nSPS) is 15.1. The Kier molecular flexibility index (Phi) is 2.35. The number of hydrogen-bond acceptors (Lipinski definition) is 2. The van der Waals surface area contributed by atoms with E-state index in [4.69, 9.17) is 5.73 Å². The zero-order valence-electron chi connectivity index (χ0n) is 9.41. The van der Waals surface area contributed by atoms with Crippen molar-refractivity contribution in [1.29, 1.82) is 0 Å². The fraction of sp³-hybridized carbons (Fsp3) is 0.308. The van der Waals surface area contributed by atoms with Crippen LogP contribution in [0.5, 0.6) is 0 Å². The SMILES string of the molecule is Nc1n[nH]c(CC2CC2)c1-c1cccc(F)c1. The third-order valence-electron chi connectivity index (χ3n) is 3.17. The second-order valence-electron chi connectivity index (χ2n) is 4.62. The maximum absolute atomic E-state index is 13.2. The smallest absolute Gasteiger partial charge is 0.153 e. The van der Waals surface area contributed by atoms with E-state index in [-0.39, 0.29) is 5.82 Å². The van der Waals surface area contributed by atoms with E-state index in [0.29, 0.717) is 5.82 Å². The minimum atomic E-state index is -0.250. The molecule has 4 heteroatoms. The molecule has 17 heavy (non-hydrogen) atoms. The number of aromatic nitrogens is 2. The highest BCUT2D eigenvalue weighted by Crippen LogP contribution is 2.36. The predicted octanol–water partition coefficient (Wildman–Crippen LogP) is 2.75. The molecule has 1 aromatic carbocycles. The minimum Gasteiger partial charge on any atom is -0.382 e. The van der Waals surface area contributed by atoms with Crippen molar-refractivity contribution >= 4 is 5.82 Å². The van der Waals surface area contributed by atoms with Crippen LogP contribution in [0.25, 0.3) is 11.1 Å². The number of nitrogens with one attached hydrogen (secondary N) is 1. The Bertz CT molecular complexity index is 543. The summed E-state index contributed by atoms with van der Waals surface area (Å²) in [6, 6.07) is 6.48. The molecule has 3 rings (SSSR count). The summed E-state index contributed by atoms with van der Waals surface area (Å²) in [6.45, 7) is 0. The Balaban J connectivity index is 2.02. The number of halogens is 1. The highest BCUT2D eigenvalue weighted by atomic mass is 19.1. The van der Waals surface area contributed by atoms with Crippen LogP contribution < -0.4 is 5.73 Å². The number of nitrogens with zero attached hydrogens (tertiary/aromatic N) is 1. The van der Waals surface area contributed by atoms with Gasteiger partial charge in [-0.3, -0.25) is 5.10 Å². The molecule has 2 aromatic rings. The largest absolute Gasteiger partial charge is 0.382 e. The first-order chi connectivity index (χ1) is 8.24. The van der Waals surface area contributed by atoms with Gasteiger partial charge >= 0.3 is 0 Å². The highest BCUT2D eigenvalue weighted by Gasteiger charge is 2.25. The lowest BCUT2D eigenvalue weighted by molar-refractivity contribution is 0.628. The average Bonchev–Trinajstić information content (AvgIpc) is 3.03. The molecule has 0 bridgehead atoms. The lowest BCUT2D eigenvalue weighted by atomic mass is 10.0. The van der Waals surface area contributed by atoms with E-state index in [1.54, 1.807) is 6.07 Å². The number of nitrogen functional groups attached to an aromatic ring is 1. The summed E-state index contributed by atoms with van der Waals surface area (Å²) in [5, 5.41) is 7.00. The summed E-state index contributed by atoms with van der Waals surface area (Å²) in [5.41, 5.74) is 8.53. The van der Waals surface area contributed by atoms with Gasteiger partial charge in [0.25, 0.3) is 0 Å². The van der Waals surface area contributed by atoms with Gasteiger partial charge in [-0.05, 0) is 42.9 Å². The number of rotatable bonds is 3. The van der Waals surface area contributed by atoms with Crippen LogP contribution in [-0.4, -0.2) is 10.2 Å². The number of anilines is 1. The molecule has 0 radical (unpaired) electrons. The molecule has 88 valence electrons. The van der Waals surface area contributed by atoms with Crippen molar-refractivity contribution < 1.29 is 4.39 Å². The maximum Gasteiger partial charge on any atom is 0.153 e. The minimum absolute atomic E-state index is 0.250. The fourth-order valence-corrected chi connectivity index (χ4v) is 2.12. The lowest BCUT2D eigenvalue weighted by Crippen LogP contribution is -1.93. The fourth-order valence-electron chi connectivity index (χ4n) is 2.12. The molecule has 0 amide bonds. The van der Waals surface area contributed by atoms with Gasteiger partial charge in [-0.2, -0.15) is 5.10 Å². The molecule has 0 saturated heterocycles. The van der Waals surface area contributed by atoms with E-state index >= 15 is 0 Å². The molecule has 0 unspecified atom stereocenters. The third kappa shape index (κ3) is 2.02. The number of nitrogens with two attached hydrogens (primary N) is 1. The standard InChI is InChI=1S/C13H14FN3/c14-10-3-1-2-9(7-10)12-11(6-8-4-5-8)16-17-13(12)15/h1-3,7-8H,4-6H2,(H3,15,16,17). The van der Waals surface area contributed by atoms with E-state index < -0.39 is 0 Å². The van der Waals surface area contributed by atoms with E-state index in [1.807, 2.05) is 6.07 Å². The zero-order chi connectivity index (χ0) is 11.8. The van der Waals surface area contributed by atoms with Crippen LogP contribution in [0.15, 0.2) is 24.3 Å². The predicted molar refractivity (Wildman–Crippen MR) is 64.8 cm³/mol. The molecule has 1 aliphatic rings. The first kappa shape index (κ1) is 10.3. The third-order valence-corrected chi connectivity index (χ3v) is 3.17. The van der Waals surface area contributed by atoms with Gasteiger partial charge in [0.2, 0.25) is 0 Å². The number of hydrogen-bond donors (Lipinski definition) is 2. The maximum atomic E-state index is 13.2. The Morgan fingerprint density at radius 2 is 2.24 bits per heavy atom. The van der Waals surface area contributed by atoms with Crippen molar-refractivity contribution in [3.05, 3.63) is 35.8 Å². The second kappa shape index (κ2) is 3.87. The Labute approximate surface area is 98.8 Å². The van der Waals surface area contributed by atoms with Crippen molar-refractivity contribution in [3.63, 3.8) is 0 Å². The van der Waals surface area contributed by atoms with E-state index in [0.717, 1.165) is 29.2 Å². The Morgan fingerprint density at radius 3 is 2.94 bits per heavy atom. The van der Waals surface area contributed by atoms with Crippen LogP contribution in [0.3, 0.4) is 0 Å². The van der Waals surface area contributed by atoms with Crippen LogP contribution in [0, 0.1) is 11.7 Å². The number of benzene rings is 1. The summed E-state index contributed by atoms with van der Waals surface area (Å²) >= 11 is 0. The van der Waals surface area contributed by atoms with Gasteiger partial charge in [0.15, 0.2) is 5.82 Å². The summed E-state index contributed by atoms with van der Waals surface area (Å²) < 4.78 is 13.2. The van der Waals surface area contributed by atoms with Crippen LogP contribution >= 0.6 is 0 Å². The molecular formula is C13H14FN3. The molecule has 1 aliphatic carbocycles. The molecule has 0 aliphatic heterocycles. The Hall–Kier alpha value is -1.84. The van der Waals surface area contributed by atoms with Crippen LogP contribution in [0.1, 0.15) is 18.5 Å². The van der Waals surface area contributed by atoms with Gasteiger partial charge in [0.05, 0.1) is 0 Å². The van der Waals surface area contributed by atoms with Gasteiger partial charge in [-0.15, -0.1) is 0 Å². The van der Waals surface area contributed by atoms with Crippen LogP contribution in [-0.2, 0) is 6.42 Å². The summed E-state index contributed by atoms with van der Waals surface area (Å²) in [7, 11) is 0. The van der Waals surface area contributed by atoms with Crippen LogP contribution in [0.4, 0.5) is 10.2 Å². The molecule has 1 heterocycles. The lowest BCUT2D eigenvalue weighted by Gasteiger charge is -2.04. The molecular weight excluding hydrogens is 217 g/mol. The first-order valence-electron chi connectivity index (χ1n) is 5.82. The molecule has 3 nitrogen and oxygen atoms in total. The number of H-pyrrole nitrogens is 1.